The lowest BCUT2D eigenvalue weighted by atomic mass is 9.99. The molecule has 1 aliphatic carbocycles. The van der Waals surface area contributed by atoms with Gasteiger partial charge < -0.3 is 25.0 Å². The van der Waals surface area contributed by atoms with Crippen molar-refractivity contribution < 1.29 is 14.3 Å². The van der Waals surface area contributed by atoms with E-state index in [2.05, 4.69) is 34.6 Å². The first-order valence-corrected chi connectivity index (χ1v) is 9.71. The predicted molar refractivity (Wildman–Crippen MR) is 121 cm³/mol. The minimum Gasteiger partial charge on any atom is -0.493 e. The molecular weight excluding hydrogens is 471 g/mol. The van der Waals surface area contributed by atoms with Crippen molar-refractivity contribution in [2.24, 2.45) is 10.9 Å². The molecule has 156 valence electrons. The SMILES string of the molecule is CCNC(=NCCNC(=O)C1CC1)N1CCc2cc(OC)c(OC)cc2C1.I. The van der Waals surface area contributed by atoms with Crippen molar-refractivity contribution in [1.29, 1.82) is 0 Å². The lowest BCUT2D eigenvalue weighted by Crippen LogP contribution is -2.44. The second-order valence-electron chi connectivity index (χ2n) is 6.95. The molecule has 0 unspecified atom stereocenters. The zero-order valence-corrected chi connectivity index (χ0v) is 19.2. The largest absolute Gasteiger partial charge is 0.493 e. The number of aliphatic imine (C=N–C) groups is 1. The van der Waals surface area contributed by atoms with Crippen molar-refractivity contribution in [3.8, 4) is 11.5 Å². The molecule has 1 fully saturated rings. The Morgan fingerprint density at radius 3 is 2.46 bits per heavy atom. The summed E-state index contributed by atoms with van der Waals surface area (Å²) in [7, 11) is 3.32. The maximum atomic E-state index is 11.7. The van der Waals surface area contributed by atoms with E-state index < -0.39 is 0 Å². The fraction of sp³-hybridized carbons (Fsp3) is 0.600. The number of benzene rings is 1. The van der Waals surface area contributed by atoms with Gasteiger partial charge in [0.05, 0.1) is 20.8 Å². The number of rotatable bonds is 7. The number of carbonyl (C=O) groups excluding carboxylic acids is 1. The molecule has 2 N–H and O–H groups in total. The molecule has 0 bridgehead atoms. The summed E-state index contributed by atoms with van der Waals surface area (Å²) in [6.45, 7) is 5.70. The van der Waals surface area contributed by atoms with Gasteiger partial charge in [-0.1, -0.05) is 0 Å². The molecule has 28 heavy (non-hydrogen) atoms. The Morgan fingerprint density at radius 1 is 1.18 bits per heavy atom. The Bertz CT molecular complexity index is 707. The van der Waals surface area contributed by atoms with Gasteiger partial charge in [0, 0.05) is 32.1 Å². The molecule has 1 aromatic carbocycles. The minimum atomic E-state index is 0. The number of hydrogen-bond acceptors (Lipinski definition) is 4. The Hall–Kier alpha value is -1.71. The van der Waals surface area contributed by atoms with Gasteiger partial charge in [0.15, 0.2) is 17.5 Å². The second-order valence-corrected chi connectivity index (χ2v) is 6.95. The maximum absolute atomic E-state index is 11.7. The molecule has 1 saturated carbocycles. The molecule has 2 aliphatic rings. The van der Waals surface area contributed by atoms with Crippen molar-refractivity contribution in [2.75, 3.05) is 40.4 Å². The normalized spacial score (nSPS) is 16.0. The standard InChI is InChI=1S/C20H30N4O3.HI/c1-4-21-20(23-9-8-22-19(25)14-5-6-14)24-10-7-15-11-17(26-2)18(27-3)12-16(15)13-24;/h11-12,14H,4-10,13H2,1-3H3,(H,21,23)(H,22,25);1H. The van der Waals surface area contributed by atoms with Gasteiger partial charge in [-0.15, -0.1) is 24.0 Å². The van der Waals surface area contributed by atoms with Crippen LogP contribution in [0.3, 0.4) is 0 Å². The third kappa shape index (κ3) is 5.65. The summed E-state index contributed by atoms with van der Waals surface area (Å²) >= 11 is 0. The number of carbonyl (C=O) groups is 1. The number of methoxy groups -OCH3 is 2. The van der Waals surface area contributed by atoms with Crippen molar-refractivity contribution >= 4 is 35.8 Å². The first-order chi connectivity index (χ1) is 13.2. The summed E-state index contributed by atoms with van der Waals surface area (Å²) in [4.78, 5) is 18.7. The number of guanidine groups is 1. The van der Waals surface area contributed by atoms with Crippen molar-refractivity contribution in [2.45, 2.75) is 32.7 Å². The molecule has 0 atom stereocenters. The second kappa shape index (κ2) is 10.7. The molecule has 1 heterocycles. The molecule has 1 aromatic rings. The van der Waals surface area contributed by atoms with Crippen LogP contribution < -0.4 is 20.1 Å². The van der Waals surface area contributed by atoms with Crippen molar-refractivity contribution in [1.82, 2.24) is 15.5 Å². The van der Waals surface area contributed by atoms with E-state index in [1.165, 1.54) is 11.1 Å². The van der Waals surface area contributed by atoms with Gasteiger partial charge in [-0.2, -0.15) is 0 Å². The summed E-state index contributed by atoms with van der Waals surface area (Å²) < 4.78 is 10.9. The lowest BCUT2D eigenvalue weighted by Gasteiger charge is -2.32. The first kappa shape index (κ1) is 22.6. The zero-order valence-electron chi connectivity index (χ0n) is 16.9. The lowest BCUT2D eigenvalue weighted by molar-refractivity contribution is -0.122. The molecule has 1 aliphatic heterocycles. The van der Waals surface area contributed by atoms with Crippen LogP contribution in [0.2, 0.25) is 0 Å². The van der Waals surface area contributed by atoms with Gasteiger partial charge in [-0.05, 0) is 49.4 Å². The molecule has 0 aromatic heterocycles. The smallest absolute Gasteiger partial charge is 0.223 e. The Morgan fingerprint density at radius 2 is 1.86 bits per heavy atom. The number of fused-ring (bicyclic) bond motifs is 1. The van der Waals surface area contributed by atoms with Crippen molar-refractivity contribution in [3.63, 3.8) is 0 Å². The summed E-state index contributed by atoms with van der Waals surface area (Å²) in [5.41, 5.74) is 2.52. The van der Waals surface area contributed by atoms with Gasteiger partial charge in [-0.3, -0.25) is 9.79 Å². The molecule has 0 saturated heterocycles. The highest BCUT2D eigenvalue weighted by Gasteiger charge is 2.29. The van der Waals surface area contributed by atoms with E-state index in [9.17, 15) is 4.79 Å². The number of halogens is 1. The van der Waals surface area contributed by atoms with Crippen LogP contribution in [-0.4, -0.2) is 57.2 Å². The van der Waals surface area contributed by atoms with E-state index in [4.69, 9.17) is 14.5 Å². The van der Waals surface area contributed by atoms with E-state index >= 15 is 0 Å². The van der Waals surface area contributed by atoms with Gasteiger partial charge in [0.1, 0.15) is 0 Å². The third-order valence-electron chi connectivity index (χ3n) is 4.97. The monoisotopic (exact) mass is 502 g/mol. The van der Waals surface area contributed by atoms with Crippen LogP contribution in [0.15, 0.2) is 17.1 Å². The number of hydrogen-bond donors (Lipinski definition) is 2. The summed E-state index contributed by atoms with van der Waals surface area (Å²) in [6, 6.07) is 4.13. The Balaban J connectivity index is 0.00000280. The molecular formula is C20H31IN4O3. The molecule has 0 spiro atoms. The van der Waals surface area contributed by atoms with E-state index in [1.807, 2.05) is 0 Å². The van der Waals surface area contributed by atoms with Gasteiger partial charge in [-0.25, -0.2) is 0 Å². The molecule has 8 heteroatoms. The fourth-order valence-electron chi connectivity index (χ4n) is 3.32. The molecule has 7 nitrogen and oxygen atoms in total. The van der Waals surface area contributed by atoms with Crippen molar-refractivity contribution in [3.05, 3.63) is 23.3 Å². The van der Waals surface area contributed by atoms with Crippen LogP contribution in [0.1, 0.15) is 30.9 Å². The highest BCUT2D eigenvalue weighted by molar-refractivity contribution is 14.0. The predicted octanol–water partition coefficient (Wildman–Crippen LogP) is 2.17. The summed E-state index contributed by atoms with van der Waals surface area (Å²) in [5.74, 6) is 2.83. The quantitative estimate of drug-likeness (QED) is 0.259. The first-order valence-electron chi connectivity index (χ1n) is 9.71. The Kier molecular flexibility index (Phi) is 8.65. The van der Waals surface area contributed by atoms with Gasteiger partial charge in [0.25, 0.3) is 0 Å². The maximum Gasteiger partial charge on any atom is 0.223 e. The number of amides is 1. The molecule has 1 amide bonds. The molecule has 3 rings (SSSR count). The third-order valence-corrected chi connectivity index (χ3v) is 4.97. The minimum absolute atomic E-state index is 0. The summed E-state index contributed by atoms with van der Waals surface area (Å²) in [6.07, 6.45) is 2.98. The Labute approximate surface area is 184 Å². The van der Waals surface area contributed by atoms with E-state index in [1.54, 1.807) is 14.2 Å². The number of nitrogens with zero attached hydrogens (tertiary/aromatic N) is 2. The van der Waals surface area contributed by atoms with Crippen LogP contribution >= 0.6 is 24.0 Å². The van der Waals surface area contributed by atoms with Crippen LogP contribution in [0.4, 0.5) is 0 Å². The van der Waals surface area contributed by atoms with E-state index in [-0.39, 0.29) is 35.8 Å². The number of ether oxygens (including phenoxy) is 2. The average molecular weight is 502 g/mol. The zero-order chi connectivity index (χ0) is 19.2. The van der Waals surface area contributed by atoms with Crippen LogP contribution in [0, 0.1) is 5.92 Å². The molecule has 0 radical (unpaired) electrons. The van der Waals surface area contributed by atoms with Crippen LogP contribution in [-0.2, 0) is 17.8 Å². The number of nitrogens with one attached hydrogen (secondary N) is 2. The summed E-state index contributed by atoms with van der Waals surface area (Å²) in [5, 5.41) is 6.33. The average Bonchev–Trinajstić information content (AvgIpc) is 3.54. The topological polar surface area (TPSA) is 75.2 Å². The fourth-order valence-corrected chi connectivity index (χ4v) is 3.32. The highest BCUT2D eigenvalue weighted by Crippen LogP contribution is 2.33. The van der Waals surface area contributed by atoms with Gasteiger partial charge in [0.2, 0.25) is 5.91 Å². The van der Waals surface area contributed by atoms with E-state index in [0.717, 1.165) is 56.4 Å². The van der Waals surface area contributed by atoms with Crippen LogP contribution in [0.5, 0.6) is 11.5 Å². The van der Waals surface area contributed by atoms with Gasteiger partial charge >= 0.3 is 0 Å². The van der Waals surface area contributed by atoms with Crippen LogP contribution in [0.25, 0.3) is 0 Å². The highest BCUT2D eigenvalue weighted by atomic mass is 127. The van der Waals surface area contributed by atoms with E-state index in [0.29, 0.717) is 13.1 Å².